The van der Waals surface area contributed by atoms with Crippen molar-refractivity contribution >= 4 is 17.2 Å². The molecule has 1 fully saturated rings. The molecule has 4 rings (SSSR count). The van der Waals surface area contributed by atoms with Gasteiger partial charge in [0.05, 0.1) is 19.8 Å². The van der Waals surface area contributed by atoms with Gasteiger partial charge in [0.1, 0.15) is 10.7 Å². The monoisotopic (exact) mass is 436 g/mol. The number of nitrogens with zero attached hydrogens (tertiary/aromatic N) is 2. The van der Waals surface area contributed by atoms with Crippen LogP contribution in [0.4, 0.5) is 0 Å². The lowest BCUT2D eigenvalue weighted by atomic mass is 9.87. The summed E-state index contributed by atoms with van der Waals surface area (Å²) >= 11 is 1.46. The van der Waals surface area contributed by atoms with Crippen molar-refractivity contribution in [2.75, 3.05) is 20.8 Å². The second-order valence-electron chi connectivity index (χ2n) is 7.71. The molecule has 0 bridgehead atoms. The van der Waals surface area contributed by atoms with E-state index >= 15 is 0 Å². The van der Waals surface area contributed by atoms with E-state index in [4.69, 9.17) is 14.5 Å². The summed E-state index contributed by atoms with van der Waals surface area (Å²) in [6.45, 7) is 2.98. The molecule has 3 aromatic rings. The molecule has 5 nitrogen and oxygen atoms in total. The molecule has 1 amide bonds. The number of thiazole rings is 1. The Labute approximate surface area is 187 Å². The third-order valence-corrected chi connectivity index (χ3v) is 6.92. The van der Waals surface area contributed by atoms with Crippen LogP contribution in [0, 0.1) is 0 Å². The van der Waals surface area contributed by atoms with Crippen LogP contribution in [-0.2, 0) is 0 Å². The minimum Gasteiger partial charge on any atom is -0.493 e. The van der Waals surface area contributed by atoms with Gasteiger partial charge in [-0.3, -0.25) is 4.79 Å². The predicted molar refractivity (Wildman–Crippen MR) is 124 cm³/mol. The molecule has 1 aromatic heterocycles. The molecule has 2 atom stereocenters. The summed E-state index contributed by atoms with van der Waals surface area (Å²) in [5.41, 5.74) is 2.63. The van der Waals surface area contributed by atoms with E-state index < -0.39 is 0 Å². The number of hydrogen-bond acceptors (Lipinski definition) is 5. The van der Waals surface area contributed by atoms with Crippen molar-refractivity contribution in [2.45, 2.75) is 38.1 Å². The minimum atomic E-state index is 0.0150. The molecule has 0 aliphatic carbocycles. The second-order valence-corrected chi connectivity index (χ2v) is 8.57. The van der Waals surface area contributed by atoms with Crippen molar-refractivity contribution in [3.63, 3.8) is 0 Å². The Kier molecular flexibility index (Phi) is 6.56. The summed E-state index contributed by atoms with van der Waals surface area (Å²) in [6, 6.07) is 16.4. The topological polar surface area (TPSA) is 51.7 Å². The van der Waals surface area contributed by atoms with Gasteiger partial charge in [0.15, 0.2) is 11.5 Å². The zero-order valence-electron chi connectivity index (χ0n) is 18.2. The SMILES string of the molecule is CC[C@H](c1ccccc1)[C@@H]1CCCN1C(=O)c1csc(-c2cccc(OC)c2OC)n1. The molecular formula is C25H28N2O3S. The first-order valence-electron chi connectivity index (χ1n) is 10.7. The van der Waals surface area contributed by atoms with Crippen molar-refractivity contribution in [1.82, 2.24) is 9.88 Å². The Bertz CT molecular complexity index is 1030. The normalized spacial score (nSPS) is 16.9. The third kappa shape index (κ3) is 4.17. The number of benzene rings is 2. The molecule has 0 radical (unpaired) electrons. The van der Waals surface area contributed by atoms with Gasteiger partial charge in [-0.25, -0.2) is 4.98 Å². The maximum absolute atomic E-state index is 13.4. The first kappa shape index (κ1) is 21.4. The number of methoxy groups -OCH3 is 2. The van der Waals surface area contributed by atoms with Gasteiger partial charge in [0, 0.05) is 23.9 Å². The summed E-state index contributed by atoms with van der Waals surface area (Å²) in [5.74, 6) is 1.63. The molecule has 162 valence electrons. The average Bonchev–Trinajstić information content (AvgIpc) is 3.50. The number of aromatic nitrogens is 1. The molecular weight excluding hydrogens is 408 g/mol. The van der Waals surface area contributed by atoms with Crippen LogP contribution in [0.1, 0.15) is 48.2 Å². The first-order chi connectivity index (χ1) is 15.2. The van der Waals surface area contributed by atoms with Gasteiger partial charge in [-0.1, -0.05) is 43.3 Å². The molecule has 1 saturated heterocycles. The summed E-state index contributed by atoms with van der Waals surface area (Å²) in [7, 11) is 3.23. The Hall–Kier alpha value is -2.86. The van der Waals surface area contributed by atoms with Gasteiger partial charge in [-0.05, 0) is 37.0 Å². The quantitative estimate of drug-likeness (QED) is 0.482. The van der Waals surface area contributed by atoms with Crippen LogP contribution in [0.2, 0.25) is 0 Å². The smallest absolute Gasteiger partial charge is 0.273 e. The number of rotatable bonds is 7. The lowest BCUT2D eigenvalue weighted by Crippen LogP contribution is -2.39. The van der Waals surface area contributed by atoms with Crippen LogP contribution in [-0.4, -0.2) is 42.6 Å². The van der Waals surface area contributed by atoms with Crippen LogP contribution < -0.4 is 9.47 Å². The van der Waals surface area contributed by atoms with E-state index in [1.54, 1.807) is 14.2 Å². The van der Waals surface area contributed by atoms with Crippen molar-refractivity contribution in [2.24, 2.45) is 0 Å². The number of likely N-dealkylation sites (tertiary alicyclic amines) is 1. The maximum Gasteiger partial charge on any atom is 0.273 e. The van der Waals surface area contributed by atoms with E-state index in [9.17, 15) is 4.79 Å². The molecule has 2 aromatic carbocycles. The van der Waals surface area contributed by atoms with E-state index in [0.717, 1.165) is 36.4 Å². The Morgan fingerprint density at radius 1 is 1.16 bits per heavy atom. The predicted octanol–water partition coefficient (Wildman–Crippen LogP) is 5.63. The van der Waals surface area contributed by atoms with Crippen molar-refractivity contribution in [1.29, 1.82) is 0 Å². The first-order valence-corrected chi connectivity index (χ1v) is 11.6. The summed E-state index contributed by atoms with van der Waals surface area (Å²) in [4.78, 5) is 20.2. The van der Waals surface area contributed by atoms with Gasteiger partial charge in [-0.2, -0.15) is 0 Å². The molecule has 0 spiro atoms. The molecule has 31 heavy (non-hydrogen) atoms. The van der Waals surface area contributed by atoms with Crippen molar-refractivity contribution < 1.29 is 14.3 Å². The zero-order chi connectivity index (χ0) is 21.8. The number of carbonyl (C=O) groups is 1. The van der Waals surface area contributed by atoms with Crippen molar-refractivity contribution in [3.8, 4) is 22.1 Å². The molecule has 0 unspecified atom stereocenters. The highest BCUT2D eigenvalue weighted by molar-refractivity contribution is 7.13. The van der Waals surface area contributed by atoms with E-state index in [1.165, 1.54) is 16.9 Å². The van der Waals surface area contributed by atoms with Crippen LogP contribution in [0.25, 0.3) is 10.6 Å². The van der Waals surface area contributed by atoms with Gasteiger partial charge in [-0.15, -0.1) is 11.3 Å². The number of para-hydroxylation sites is 1. The Morgan fingerprint density at radius 2 is 1.97 bits per heavy atom. The van der Waals surface area contributed by atoms with Gasteiger partial charge >= 0.3 is 0 Å². The summed E-state index contributed by atoms with van der Waals surface area (Å²) < 4.78 is 11.0. The van der Waals surface area contributed by atoms with E-state index in [1.807, 2.05) is 34.5 Å². The van der Waals surface area contributed by atoms with Crippen LogP contribution in [0.5, 0.6) is 11.5 Å². The lowest BCUT2D eigenvalue weighted by molar-refractivity contribution is 0.0709. The van der Waals surface area contributed by atoms with Crippen LogP contribution in [0.3, 0.4) is 0 Å². The van der Waals surface area contributed by atoms with Gasteiger partial charge in [0.2, 0.25) is 0 Å². The van der Waals surface area contributed by atoms with Crippen LogP contribution >= 0.6 is 11.3 Å². The molecule has 1 aliphatic heterocycles. The Balaban J connectivity index is 1.60. The standard InChI is InChI=1S/C25H28N2O3S/c1-4-18(17-10-6-5-7-11-17)21-13-9-15-27(21)25(28)20-16-31-24(26-20)19-12-8-14-22(29-2)23(19)30-3/h5-8,10-12,14,16,18,21H,4,9,13,15H2,1-3H3/t18-,21+/m1/s1. The highest BCUT2D eigenvalue weighted by atomic mass is 32.1. The van der Waals surface area contributed by atoms with E-state index in [2.05, 4.69) is 31.2 Å². The molecule has 2 heterocycles. The third-order valence-electron chi connectivity index (χ3n) is 6.05. The molecule has 1 aliphatic rings. The second kappa shape index (κ2) is 9.52. The van der Waals surface area contributed by atoms with Gasteiger partial charge < -0.3 is 14.4 Å². The fourth-order valence-corrected chi connectivity index (χ4v) is 5.41. The number of amides is 1. The molecule has 0 N–H and O–H groups in total. The Morgan fingerprint density at radius 3 is 2.68 bits per heavy atom. The molecule has 6 heteroatoms. The van der Waals surface area contributed by atoms with Gasteiger partial charge in [0.25, 0.3) is 5.91 Å². The van der Waals surface area contributed by atoms with Crippen molar-refractivity contribution in [3.05, 3.63) is 65.2 Å². The maximum atomic E-state index is 13.4. The highest BCUT2D eigenvalue weighted by Gasteiger charge is 2.36. The fourth-order valence-electron chi connectivity index (χ4n) is 4.59. The highest BCUT2D eigenvalue weighted by Crippen LogP contribution is 2.40. The minimum absolute atomic E-state index is 0.0150. The number of carbonyl (C=O) groups excluding carboxylic acids is 1. The average molecular weight is 437 g/mol. The van der Waals surface area contributed by atoms with Crippen LogP contribution in [0.15, 0.2) is 53.9 Å². The lowest BCUT2D eigenvalue weighted by Gasteiger charge is -2.31. The summed E-state index contributed by atoms with van der Waals surface area (Å²) in [5, 5.41) is 2.61. The number of hydrogen-bond donors (Lipinski definition) is 0. The van der Waals surface area contributed by atoms with E-state index in [0.29, 0.717) is 23.1 Å². The largest absolute Gasteiger partial charge is 0.493 e. The van der Waals surface area contributed by atoms with E-state index in [-0.39, 0.29) is 11.9 Å². The molecule has 0 saturated carbocycles. The summed E-state index contributed by atoms with van der Waals surface area (Å²) in [6.07, 6.45) is 3.06. The number of ether oxygens (including phenoxy) is 2. The zero-order valence-corrected chi connectivity index (χ0v) is 19.0. The fraction of sp³-hybridized carbons (Fsp3) is 0.360.